The fourth-order valence-electron chi connectivity index (χ4n) is 6.46. The third kappa shape index (κ3) is 1.61. The van der Waals surface area contributed by atoms with E-state index in [1.54, 1.807) is 6.07 Å². The highest BCUT2D eigenvalue weighted by molar-refractivity contribution is 5.62. The van der Waals surface area contributed by atoms with Crippen molar-refractivity contribution < 1.29 is 20.1 Å². The third-order valence-corrected chi connectivity index (χ3v) is 7.73. The third-order valence-electron chi connectivity index (χ3n) is 7.73. The number of ether oxygens (including phenoxy) is 1. The largest absolute Gasteiger partial charge is 0.504 e. The first-order valence-electron chi connectivity index (χ1n) is 9.71. The number of rotatable bonds is 2. The molecule has 25 heavy (non-hydrogen) atoms. The van der Waals surface area contributed by atoms with Crippen molar-refractivity contribution >= 4 is 0 Å². The lowest BCUT2D eigenvalue weighted by Crippen LogP contribution is -2.77. The fraction of sp³-hybridized carbons (Fsp3) is 0.700. The minimum Gasteiger partial charge on any atom is -0.504 e. The summed E-state index contributed by atoms with van der Waals surface area (Å²) in [5.74, 6) is 1.44. The van der Waals surface area contributed by atoms with Gasteiger partial charge in [0.15, 0.2) is 11.5 Å². The van der Waals surface area contributed by atoms with Gasteiger partial charge in [-0.3, -0.25) is 4.90 Å². The number of piperidine rings is 1. The van der Waals surface area contributed by atoms with Gasteiger partial charge in [-0.1, -0.05) is 6.07 Å². The Hall–Kier alpha value is -1.30. The molecule has 2 saturated carbocycles. The Morgan fingerprint density at radius 3 is 2.84 bits per heavy atom. The molecule has 5 nitrogen and oxygen atoms in total. The van der Waals surface area contributed by atoms with Crippen LogP contribution in [0, 0.1) is 5.92 Å². The molecular formula is C20H25NO4. The minimum atomic E-state index is -0.879. The highest BCUT2D eigenvalue weighted by Gasteiger charge is 2.72. The van der Waals surface area contributed by atoms with Gasteiger partial charge >= 0.3 is 0 Å². The van der Waals surface area contributed by atoms with E-state index in [0.29, 0.717) is 18.6 Å². The number of phenols is 1. The Labute approximate surface area is 147 Å². The van der Waals surface area contributed by atoms with Gasteiger partial charge in [-0.25, -0.2) is 0 Å². The minimum absolute atomic E-state index is 0.0865. The van der Waals surface area contributed by atoms with Gasteiger partial charge in [0, 0.05) is 18.2 Å². The average molecular weight is 343 g/mol. The number of nitrogens with zero attached hydrogens (tertiary/aromatic N) is 1. The molecule has 2 heterocycles. The quantitative estimate of drug-likeness (QED) is 0.755. The van der Waals surface area contributed by atoms with Crippen LogP contribution in [0.5, 0.6) is 11.5 Å². The first kappa shape index (κ1) is 14.8. The van der Waals surface area contributed by atoms with Crippen LogP contribution >= 0.6 is 0 Å². The van der Waals surface area contributed by atoms with Crippen LogP contribution in [0.2, 0.25) is 0 Å². The summed E-state index contributed by atoms with van der Waals surface area (Å²) in [5.41, 5.74) is 0.716. The molecule has 134 valence electrons. The van der Waals surface area contributed by atoms with Crippen molar-refractivity contribution in [1.29, 1.82) is 0 Å². The first-order valence-corrected chi connectivity index (χ1v) is 9.71. The Morgan fingerprint density at radius 1 is 1.20 bits per heavy atom. The van der Waals surface area contributed by atoms with E-state index in [2.05, 4.69) is 4.90 Å². The molecule has 1 aromatic carbocycles. The van der Waals surface area contributed by atoms with Crippen LogP contribution in [0.4, 0.5) is 0 Å². The van der Waals surface area contributed by atoms with Crippen molar-refractivity contribution in [2.75, 3.05) is 13.1 Å². The van der Waals surface area contributed by atoms with E-state index in [1.807, 2.05) is 6.07 Å². The maximum absolute atomic E-state index is 12.0. The number of aliphatic hydroxyl groups excluding tert-OH is 1. The molecule has 1 unspecified atom stereocenters. The fourth-order valence-corrected chi connectivity index (χ4v) is 6.46. The Bertz CT molecular complexity index is 762. The summed E-state index contributed by atoms with van der Waals surface area (Å²) in [6.07, 6.45) is 4.35. The zero-order valence-corrected chi connectivity index (χ0v) is 14.3. The summed E-state index contributed by atoms with van der Waals surface area (Å²) in [6.45, 7) is 2.02. The molecule has 2 aliphatic heterocycles. The van der Waals surface area contributed by atoms with E-state index in [-0.39, 0.29) is 11.8 Å². The average Bonchev–Trinajstić information content (AvgIpc) is 3.32. The van der Waals surface area contributed by atoms with E-state index < -0.39 is 23.2 Å². The lowest BCUT2D eigenvalue weighted by molar-refractivity contribution is -0.208. The maximum atomic E-state index is 12.0. The second kappa shape index (κ2) is 4.51. The van der Waals surface area contributed by atoms with Gasteiger partial charge in [-0.2, -0.15) is 0 Å². The second-order valence-corrected chi connectivity index (χ2v) is 8.90. The summed E-state index contributed by atoms with van der Waals surface area (Å²) in [4.78, 5) is 2.51. The van der Waals surface area contributed by atoms with Gasteiger partial charge in [0.05, 0.1) is 17.1 Å². The van der Waals surface area contributed by atoms with E-state index in [0.717, 1.165) is 37.4 Å². The molecule has 3 N–H and O–H groups in total. The van der Waals surface area contributed by atoms with Crippen LogP contribution in [-0.4, -0.2) is 57.2 Å². The number of likely N-dealkylation sites (tertiary alicyclic amines) is 1. The van der Waals surface area contributed by atoms with Crippen molar-refractivity contribution in [2.45, 2.75) is 67.8 Å². The highest BCUT2D eigenvalue weighted by Crippen LogP contribution is 2.65. The smallest absolute Gasteiger partial charge is 0.165 e. The molecular weight excluding hydrogens is 318 g/mol. The van der Waals surface area contributed by atoms with Gasteiger partial charge < -0.3 is 20.1 Å². The monoisotopic (exact) mass is 343 g/mol. The summed E-state index contributed by atoms with van der Waals surface area (Å²) < 4.78 is 6.14. The molecule has 5 atom stereocenters. The number of hydrogen-bond acceptors (Lipinski definition) is 5. The van der Waals surface area contributed by atoms with Gasteiger partial charge in [-0.15, -0.1) is 0 Å². The van der Waals surface area contributed by atoms with E-state index in [9.17, 15) is 15.3 Å². The Kier molecular flexibility index (Phi) is 2.67. The standard InChI is InChI=1S/C20H25NO4/c22-13-4-3-12-9-15-20(24)6-5-14(23)18-19(20,16(12)17(13)25-18)7-8-21(15)10-11-1-2-11/h3-4,11,14-15,18,22-24H,1-2,5-10H2/t14-,15-,18+,19+,20?/m1/s1. The van der Waals surface area contributed by atoms with Crippen LogP contribution < -0.4 is 4.74 Å². The molecule has 6 rings (SSSR count). The lowest BCUT2D eigenvalue weighted by atomic mass is 9.48. The van der Waals surface area contributed by atoms with E-state index >= 15 is 0 Å². The number of aromatic hydroxyl groups is 1. The van der Waals surface area contributed by atoms with E-state index in [1.165, 1.54) is 18.4 Å². The van der Waals surface area contributed by atoms with Crippen LogP contribution in [-0.2, 0) is 11.8 Å². The summed E-state index contributed by atoms with van der Waals surface area (Å²) in [6, 6.07) is 3.79. The lowest BCUT2D eigenvalue weighted by Gasteiger charge is -2.63. The number of phenolic OH excluding ortho intramolecular Hbond substituents is 1. The Morgan fingerprint density at radius 2 is 2.04 bits per heavy atom. The molecule has 5 heteroatoms. The Balaban J connectivity index is 1.57. The van der Waals surface area contributed by atoms with Crippen LogP contribution in [0.25, 0.3) is 0 Å². The zero-order chi connectivity index (χ0) is 17.0. The molecule has 5 aliphatic rings. The van der Waals surface area contributed by atoms with Gasteiger partial charge in [0.2, 0.25) is 0 Å². The molecule has 1 spiro atoms. The van der Waals surface area contributed by atoms with Crippen molar-refractivity contribution in [3.05, 3.63) is 23.3 Å². The molecule has 0 radical (unpaired) electrons. The second-order valence-electron chi connectivity index (χ2n) is 8.90. The van der Waals surface area contributed by atoms with Crippen molar-refractivity contribution in [3.8, 4) is 11.5 Å². The van der Waals surface area contributed by atoms with Crippen LogP contribution in [0.3, 0.4) is 0 Å². The predicted octanol–water partition coefficient (Wildman–Crippen LogP) is 1.32. The molecule has 0 amide bonds. The molecule has 3 aliphatic carbocycles. The summed E-state index contributed by atoms with van der Waals surface area (Å²) >= 11 is 0. The highest BCUT2D eigenvalue weighted by atomic mass is 16.5. The summed E-state index contributed by atoms with van der Waals surface area (Å²) in [5, 5.41) is 33.1. The number of hydrogen-bond donors (Lipinski definition) is 3. The van der Waals surface area contributed by atoms with Crippen molar-refractivity contribution in [3.63, 3.8) is 0 Å². The molecule has 3 fully saturated rings. The molecule has 2 bridgehead atoms. The normalized spacial score (nSPS) is 44.3. The predicted molar refractivity (Wildman–Crippen MR) is 90.8 cm³/mol. The van der Waals surface area contributed by atoms with Gasteiger partial charge in [0.25, 0.3) is 0 Å². The summed E-state index contributed by atoms with van der Waals surface area (Å²) in [7, 11) is 0. The first-order chi connectivity index (χ1) is 12.0. The van der Waals surface area contributed by atoms with E-state index in [4.69, 9.17) is 4.74 Å². The zero-order valence-electron chi connectivity index (χ0n) is 14.3. The molecule has 1 saturated heterocycles. The van der Waals surface area contributed by atoms with Gasteiger partial charge in [-0.05, 0) is 62.6 Å². The van der Waals surface area contributed by atoms with Crippen LogP contribution in [0.15, 0.2) is 12.1 Å². The molecule has 0 aromatic heterocycles. The maximum Gasteiger partial charge on any atom is 0.165 e. The van der Waals surface area contributed by atoms with Crippen molar-refractivity contribution in [1.82, 2.24) is 4.90 Å². The molecule has 1 aromatic rings. The topological polar surface area (TPSA) is 73.2 Å². The number of aliphatic hydroxyl groups is 2. The SMILES string of the molecule is Oc1ccc2c3c1O[C@H]1[C@H](O)CCC4(O)[C@@H](C2)N(CC2CC2)CC[C@]314. The van der Waals surface area contributed by atoms with Crippen molar-refractivity contribution in [2.24, 2.45) is 5.92 Å². The number of benzene rings is 1. The van der Waals surface area contributed by atoms with Gasteiger partial charge in [0.1, 0.15) is 6.10 Å². The van der Waals surface area contributed by atoms with Crippen LogP contribution in [0.1, 0.15) is 43.2 Å².